The molecule has 0 N–H and O–H groups in total. The Morgan fingerprint density at radius 2 is 2.10 bits per heavy atom. The van der Waals surface area contributed by atoms with Gasteiger partial charge < -0.3 is 0 Å². The summed E-state index contributed by atoms with van der Waals surface area (Å²) in [6.07, 6.45) is 8.16. The molecule has 0 nitrogen and oxygen atoms in total. The molecule has 0 aromatic rings. The molecule has 0 heteroatoms. The van der Waals surface area contributed by atoms with Gasteiger partial charge in [-0.25, -0.2) is 0 Å². The van der Waals surface area contributed by atoms with Gasteiger partial charge in [0, 0.05) is 0 Å². The highest BCUT2D eigenvalue weighted by Crippen LogP contribution is 2.81. The molecule has 0 saturated heterocycles. The van der Waals surface area contributed by atoms with Crippen LogP contribution in [-0.2, 0) is 0 Å². The fourth-order valence-electron chi connectivity index (χ4n) is 4.41. The zero-order valence-corrected chi connectivity index (χ0v) is 6.34. The van der Waals surface area contributed by atoms with Gasteiger partial charge in [-0.15, -0.1) is 0 Å². The van der Waals surface area contributed by atoms with E-state index in [9.17, 15) is 0 Å². The summed E-state index contributed by atoms with van der Waals surface area (Å²) in [6, 6.07) is 0. The lowest BCUT2D eigenvalue weighted by Gasteiger charge is -2.21. The van der Waals surface area contributed by atoms with Crippen molar-refractivity contribution in [2.24, 2.45) is 29.1 Å². The molecule has 2 bridgehead atoms. The van der Waals surface area contributed by atoms with Gasteiger partial charge in [-0.1, -0.05) is 0 Å². The Morgan fingerprint density at radius 1 is 1.10 bits per heavy atom. The topological polar surface area (TPSA) is 0 Å². The maximum atomic E-state index is 1.66. The fraction of sp³-hybridized carbons (Fsp3) is 1.00. The molecule has 0 radical (unpaired) electrons. The molecular formula is C10H14. The minimum Gasteiger partial charge on any atom is -0.0499 e. The highest BCUT2D eigenvalue weighted by atomic mass is 14.8. The molecule has 0 aromatic heterocycles. The standard InChI is InChI=1S/C10H14/c1-2-7-5-10(7)4-6(1)8-3-9(8)10/h6-9H,1-5H2. The van der Waals surface area contributed by atoms with Gasteiger partial charge in [0.05, 0.1) is 0 Å². The van der Waals surface area contributed by atoms with Crippen molar-refractivity contribution < 1.29 is 0 Å². The lowest BCUT2D eigenvalue weighted by atomic mass is 9.84. The molecule has 0 aromatic carbocycles. The van der Waals surface area contributed by atoms with Crippen molar-refractivity contribution in [2.75, 3.05) is 0 Å². The predicted octanol–water partition coefficient (Wildman–Crippen LogP) is 2.44. The van der Waals surface area contributed by atoms with Crippen molar-refractivity contribution in [1.82, 2.24) is 0 Å². The van der Waals surface area contributed by atoms with Crippen molar-refractivity contribution in [1.29, 1.82) is 0 Å². The first-order chi connectivity index (χ1) is 4.90. The number of fused-ring (bicyclic) bond motifs is 3. The van der Waals surface area contributed by atoms with Crippen LogP contribution in [0.4, 0.5) is 0 Å². The van der Waals surface area contributed by atoms with Crippen molar-refractivity contribution in [3.8, 4) is 0 Å². The van der Waals surface area contributed by atoms with Crippen LogP contribution in [0.25, 0.3) is 0 Å². The van der Waals surface area contributed by atoms with Crippen LogP contribution >= 0.6 is 0 Å². The number of hydrogen-bond donors (Lipinski definition) is 0. The van der Waals surface area contributed by atoms with Crippen LogP contribution in [0.2, 0.25) is 0 Å². The van der Waals surface area contributed by atoms with Crippen LogP contribution in [0, 0.1) is 29.1 Å². The fourth-order valence-corrected chi connectivity index (χ4v) is 4.41. The summed E-state index contributed by atoms with van der Waals surface area (Å²) in [7, 11) is 0. The Labute approximate surface area is 62.0 Å². The van der Waals surface area contributed by atoms with E-state index in [1.54, 1.807) is 32.1 Å². The van der Waals surface area contributed by atoms with E-state index in [0.717, 1.165) is 5.41 Å². The highest BCUT2D eigenvalue weighted by Gasteiger charge is 2.73. The van der Waals surface area contributed by atoms with Crippen molar-refractivity contribution in [3.63, 3.8) is 0 Å². The highest BCUT2D eigenvalue weighted by molar-refractivity contribution is 5.22. The molecule has 4 aliphatic carbocycles. The summed E-state index contributed by atoms with van der Waals surface area (Å²) in [5, 5.41) is 0. The zero-order valence-electron chi connectivity index (χ0n) is 6.34. The lowest BCUT2D eigenvalue weighted by Crippen LogP contribution is -2.12. The monoisotopic (exact) mass is 134 g/mol. The Bertz CT molecular complexity index is 206. The first-order valence-corrected chi connectivity index (χ1v) is 4.90. The summed E-state index contributed by atoms with van der Waals surface area (Å²) in [5.74, 6) is 4.93. The van der Waals surface area contributed by atoms with Crippen LogP contribution in [-0.4, -0.2) is 0 Å². The summed E-state index contributed by atoms with van der Waals surface area (Å²) >= 11 is 0. The van der Waals surface area contributed by atoms with E-state index in [0.29, 0.717) is 0 Å². The van der Waals surface area contributed by atoms with Crippen LogP contribution in [0.5, 0.6) is 0 Å². The summed E-state index contributed by atoms with van der Waals surface area (Å²) < 4.78 is 0. The third kappa shape index (κ3) is 0.320. The normalized spacial score (nSPS) is 74.4. The van der Waals surface area contributed by atoms with Gasteiger partial charge in [0.25, 0.3) is 0 Å². The van der Waals surface area contributed by atoms with Crippen LogP contribution in [0.1, 0.15) is 32.1 Å². The van der Waals surface area contributed by atoms with Gasteiger partial charge in [0.15, 0.2) is 0 Å². The maximum absolute atomic E-state index is 1.66. The molecule has 0 heterocycles. The molecule has 5 atom stereocenters. The van der Waals surface area contributed by atoms with E-state index in [4.69, 9.17) is 0 Å². The molecular weight excluding hydrogens is 120 g/mol. The Balaban J connectivity index is 1.88. The second-order valence-corrected chi connectivity index (χ2v) is 5.18. The summed E-state index contributed by atoms with van der Waals surface area (Å²) in [6.45, 7) is 0. The molecule has 4 rings (SSSR count). The molecule has 5 unspecified atom stereocenters. The molecule has 1 spiro atoms. The van der Waals surface area contributed by atoms with Gasteiger partial charge in [0.1, 0.15) is 0 Å². The van der Waals surface area contributed by atoms with E-state index in [1.807, 2.05) is 0 Å². The van der Waals surface area contributed by atoms with E-state index in [1.165, 1.54) is 23.7 Å². The van der Waals surface area contributed by atoms with Crippen LogP contribution in [0.3, 0.4) is 0 Å². The molecule has 4 aliphatic rings. The largest absolute Gasteiger partial charge is 0.0499 e. The second kappa shape index (κ2) is 1.09. The second-order valence-electron chi connectivity index (χ2n) is 5.18. The predicted molar refractivity (Wildman–Crippen MR) is 39.5 cm³/mol. The minimum absolute atomic E-state index is 0.994. The Morgan fingerprint density at radius 3 is 3.00 bits per heavy atom. The van der Waals surface area contributed by atoms with Gasteiger partial charge in [0.2, 0.25) is 0 Å². The van der Waals surface area contributed by atoms with Gasteiger partial charge >= 0.3 is 0 Å². The van der Waals surface area contributed by atoms with Crippen molar-refractivity contribution in [3.05, 3.63) is 0 Å². The molecule has 10 heavy (non-hydrogen) atoms. The van der Waals surface area contributed by atoms with Crippen molar-refractivity contribution in [2.45, 2.75) is 32.1 Å². The Hall–Kier alpha value is 0. The molecule has 4 fully saturated rings. The molecule has 0 amide bonds. The average Bonchev–Trinajstić information content (AvgIpc) is 2.77. The van der Waals surface area contributed by atoms with Gasteiger partial charge in [-0.05, 0) is 61.2 Å². The van der Waals surface area contributed by atoms with Gasteiger partial charge in [-0.3, -0.25) is 0 Å². The van der Waals surface area contributed by atoms with E-state index < -0.39 is 0 Å². The zero-order chi connectivity index (χ0) is 6.34. The lowest BCUT2D eigenvalue weighted by molar-refractivity contribution is 0.288. The van der Waals surface area contributed by atoms with Crippen LogP contribution < -0.4 is 0 Å². The number of rotatable bonds is 0. The Kier molecular flexibility index (Phi) is 0.522. The number of hydrogen-bond acceptors (Lipinski definition) is 0. The van der Waals surface area contributed by atoms with E-state index in [2.05, 4.69) is 0 Å². The smallest absolute Gasteiger partial charge is 0.0232 e. The molecule has 0 aliphatic heterocycles. The minimum atomic E-state index is 0.994. The maximum Gasteiger partial charge on any atom is -0.0232 e. The summed E-state index contributed by atoms with van der Waals surface area (Å²) in [4.78, 5) is 0. The SMILES string of the molecule is C1CC2CC23CC1C1CC13. The molecule has 4 saturated carbocycles. The molecule has 54 valence electrons. The average molecular weight is 134 g/mol. The first-order valence-electron chi connectivity index (χ1n) is 4.90. The van der Waals surface area contributed by atoms with E-state index in [-0.39, 0.29) is 0 Å². The van der Waals surface area contributed by atoms with Gasteiger partial charge in [-0.2, -0.15) is 0 Å². The third-order valence-corrected chi connectivity index (χ3v) is 4.99. The van der Waals surface area contributed by atoms with Crippen molar-refractivity contribution >= 4 is 0 Å². The summed E-state index contributed by atoms with van der Waals surface area (Å²) in [5.41, 5.74) is 0.994. The van der Waals surface area contributed by atoms with E-state index >= 15 is 0 Å². The first kappa shape index (κ1) is 4.79. The quantitative estimate of drug-likeness (QED) is 0.477. The van der Waals surface area contributed by atoms with Crippen LogP contribution in [0.15, 0.2) is 0 Å². The third-order valence-electron chi connectivity index (χ3n) is 4.99.